The van der Waals surface area contributed by atoms with E-state index in [-0.39, 0.29) is 0 Å². The Morgan fingerprint density at radius 2 is 2.56 bits per heavy atom. The summed E-state index contributed by atoms with van der Waals surface area (Å²) in [5.41, 5.74) is 0.712. The summed E-state index contributed by atoms with van der Waals surface area (Å²) >= 11 is 1.57. The van der Waals surface area contributed by atoms with E-state index in [1.165, 1.54) is 0 Å². The van der Waals surface area contributed by atoms with Gasteiger partial charge in [-0.1, -0.05) is 0 Å². The third-order valence-electron chi connectivity index (χ3n) is 1.01. The van der Waals surface area contributed by atoms with Gasteiger partial charge in [-0.25, -0.2) is 0 Å². The molecule has 9 heavy (non-hydrogen) atoms. The van der Waals surface area contributed by atoms with Crippen molar-refractivity contribution in [2.24, 2.45) is 0 Å². The molecule has 0 radical (unpaired) electrons. The molecule has 0 bridgehead atoms. The van der Waals surface area contributed by atoms with E-state index in [0.29, 0.717) is 5.56 Å². The van der Waals surface area contributed by atoms with Crippen molar-refractivity contribution in [3.8, 4) is 6.07 Å². The summed E-state index contributed by atoms with van der Waals surface area (Å²) in [5.74, 6) is 0. The first-order chi connectivity index (χ1) is 4.36. The summed E-state index contributed by atoms with van der Waals surface area (Å²) in [4.78, 5) is 0. The van der Waals surface area contributed by atoms with Gasteiger partial charge in [0.2, 0.25) is 0 Å². The number of nitriles is 1. The lowest BCUT2D eigenvalue weighted by molar-refractivity contribution is 1.29. The second kappa shape index (κ2) is 2.60. The number of hydrogen-bond acceptors (Lipinski definition) is 2. The van der Waals surface area contributed by atoms with Crippen LogP contribution in [0, 0.1) is 11.3 Å². The van der Waals surface area contributed by atoms with Crippen LogP contribution in [0.15, 0.2) is 18.5 Å². The molecule has 1 rings (SSSR count). The lowest BCUT2D eigenvalue weighted by Crippen LogP contribution is -1.74. The number of aromatic nitrogens is 1. The monoisotopic (exact) mass is 138 g/mol. The van der Waals surface area contributed by atoms with Gasteiger partial charge in [-0.15, -0.1) is 0 Å². The predicted molar refractivity (Wildman–Crippen MR) is 38.1 cm³/mol. The molecule has 0 N–H and O–H groups in total. The quantitative estimate of drug-likeness (QED) is 0.588. The third kappa shape index (κ3) is 1.27. The van der Waals surface area contributed by atoms with Crippen molar-refractivity contribution < 1.29 is 0 Å². The Kier molecular flexibility index (Phi) is 1.81. The van der Waals surface area contributed by atoms with Crippen molar-refractivity contribution in [1.29, 1.82) is 5.26 Å². The highest BCUT2D eigenvalue weighted by Crippen LogP contribution is 2.04. The first-order valence-electron chi connectivity index (χ1n) is 2.49. The minimum Gasteiger partial charge on any atom is -0.298 e. The molecule has 3 heteroatoms. The van der Waals surface area contributed by atoms with Crippen LogP contribution in [-0.4, -0.2) is 10.2 Å². The largest absolute Gasteiger partial charge is 0.298 e. The van der Waals surface area contributed by atoms with Crippen molar-refractivity contribution in [1.82, 2.24) is 3.97 Å². The molecular formula is C6H6N2S. The maximum absolute atomic E-state index is 8.37. The zero-order valence-electron chi connectivity index (χ0n) is 5.03. The van der Waals surface area contributed by atoms with Crippen LogP contribution in [0.3, 0.4) is 0 Å². The molecule has 0 aliphatic heterocycles. The Hall–Kier alpha value is -0.880. The smallest absolute Gasteiger partial charge is 0.101 e. The predicted octanol–water partition coefficient (Wildman–Crippen LogP) is 1.49. The number of rotatable bonds is 1. The maximum atomic E-state index is 8.37. The van der Waals surface area contributed by atoms with E-state index >= 15 is 0 Å². The highest BCUT2D eigenvalue weighted by Gasteiger charge is 1.90. The fourth-order valence-corrected chi connectivity index (χ4v) is 0.958. The van der Waals surface area contributed by atoms with Gasteiger partial charge in [-0.3, -0.25) is 3.97 Å². The molecule has 0 saturated carbocycles. The minimum absolute atomic E-state index is 0.712. The summed E-state index contributed by atoms with van der Waals surface area (Å²) in [6.45, 7) is 0. The van der Waals surface area contributed by atoms with Gasteiger partial charge in [0.05, 0.1) is 5.56 Å². The van der Waals surface area contributed by atoms with Crippen LogP contribution in [0.2, 0.25) is 0 Å². The molecule has 0 aliphatic rings. The first kappa shape index (κ1) is 6.24. The van der Waals surface area contributed by atoms with E-state index in [1.54, 1.807) is 24.2 Å². The van der Waals surface area contributed by atoms with Gasteiger partial charge in [0.1, 0.15) is 6.07 Å². The lowest BCUT2D eigenvalue weighted by Gasteiger charge is -1.88. The Bertz CT molecular complexity index is 233. The second-order valence-corrected chi connectivity index (χ2v) is 2.34. The van der Waals surface area contributed by atoms with Crippen LogP contribution in [0.1, 0.15) is 5.56 Å². The first-order valence-corrected chi connectivity index (χ1v) is 3.67. The molecule has 0 atom stereocenters. The summed E-state index contributed by atoms with van der Waals surface area (Å²) < 4.78 is 1.89. The van der Waals surface area contributed by atoms with Crippen molar-refractivity contribution in [2.45, 2.75) is 0 Å². The molecule has 46 valence electrons. The van der Waals surface area contributed by atoms with Crippen LogP contribution in [-0.2, 0) is 0 Å². The third-order valence-corrected chi connectivity index (χ3v) is 1.66. The fraction of sp³-hybridized carbons (Fsp3) is 0.167. The molecule has 1 aromatic rings. The summed E-state index contributed by atoms with van der Waals surface area (Å²) in [7, 11) is 0. The van der Waals surface area contributed by atoms with Crippen molar-refractivity contribution in [3.63, 3.8) is 0 Å². The normalized spacial score (nSPS) is 8.89. The van der Waals surface area contributed by atoms with Gasteiger partial charge in [-0.05, 0) is 18.0 Å². The van der Waals surface area contributed by atoms with Gasteiger partial charge in [0.15, 0.2) is 0 Å². The SMILES string of the molecule is CSn1ccc(C#N)c1. The molecule has 2 nitrogen and oxygen atoms in total. The van der Waals surface area contributed by atoms with E-state index in [1.807, 2.05) is 22.5 Å². The second-order valence-electron chi connectivity index (χ2n) is 1.55. The van der Waals surface area contributed by atoms with E-state index in [0.717, 1.165) is 0 Å². The molecule has 0 unspecified atom stereocenters. The van der Waals surface area contributed by atoms with E-state index in [2.05, 4.69) is 0 Å². The summed E-state index contributed by atoms with van der Waals surface area (Å²) in [6.07, 6.45) is 5.62. The van der Waals surface area contributed by atoms with Crippen LogP contribution >= 0.6 is 11.9 Å². The van der Waals surface area contributed by atoms with E-state index in [4.69, 9.17) is 5.26 Å². The molecule has 0 saturated heterocycles. The van der Waals surface area contributed by atoms with Crippen LogP contribution in [0.5, 0.6) is 0 Å². The molecule has 1 heterocycles. The van der Waals surface area contributed by atoms with Crippen molar-refractivity contribution in [3.05, 3.63) is 24.0 Å². The molecule has 1 aromatic heterocycles. The number of hydrogen-bond donors (Lipinski definition) is 0. The van der Waals surface area contributed by atoms with Gasteiger partial charge in [0, 0.05) is 18.6 Å². The Balaban J connectivity index is 2.90. The average Bonchev–Trinajstić information content (AvgIpc) is 2.34. The van der Waals surface area contributed by atoms with Gasteiger partial charge in [-0.2, -0.15) is 5.26 Å². The maximum Gasteiger partial charge on any atom is 0.101 e. The number of nitrogens with zero attached hydrogens (tertiary/aromatic N) is 2. The van der Waals surface area contributed by atoms with Crippen molar-refractivity contribution in [2.75, 3.05) is 6.26 Å². The van der Waals surface area contributed by atoms with Gasteiger partial charge >= 0.3 is 0 Å². The molecular weight excluding hydrogens is 132 g/mol. The van der Waals surface area contributed by atoms with Gasteiger partial charge < -0.3 is 0 Å². The van der Waals surface area contributed by atoms with Crippen LogP contribution < -0.4 is 0 Å². The highest BCUT2D eigenvalue weighted by molar-refractivity contribution is 7.97. The van der Waals surface area contributed by atoms with Crippen LogP contribution in [0.25, 0.3) is 0 Å². The standard InChI is InChI=1S/C6H6N2S/c1-9-8-3-2-6(4-7)5-8/h2-3,5H,1H3. The topological polar surface area (TPSA) is 28.7 Å². The zero-order valence-corrected chi connectivity index (χ0v) is 5.85. The zero-order chi connectivity index (χ0) is 6.69. The van der Waals surface area contributed by atoms with Crippen LogP contribution in [0.4, 0.5) is 0 Å². The fourth-order valence-electron chi connectivity index (χ4n) is 0.557. The minimum atomic E-state index is 0.712. The average molecular weight is 138 g/mol. The lowest BCUT2D eigenvalue weighted by atomic mass is 10.4. The molecule has 0 aromatic carbocycles. The Morgan fingerprint density at radius 1 is 1.78 bits per heavy atom. The van der Waals surface area contributed by atoms with Gasteiger partial charge in [0.25, 0.3) is 0 Å². The molecule has 0 fully saturated rings. The van der Waals surface area contributed by atoms with E-state index in [9.17, 15) is 0 Å². The Labute approximate surface area is 58.2 Å². The highest BCUT2D eigenvalue weighted by atomic mass is 32.2. The Morgan fingerprint density at radius 3 is 2.89 bits per heavy atom. The summed E-state index contributed by atoms with van der Waals surface area (Å²) in [6, 6.07) is 3.84. The summed E-state index contributed by atoms with van der Waals surface area (Å²) in [5, 5.41) is 8.37. The van der Waals surface area contributed by atoms with Crippen molar-refractivity contribution >= 4 is 11.9 Å². The van der Waals surface area contributed by atoms with E-state index < -0.39 is 0 Å². The molecule has 0 amide bonds. The molecule has 0 aliphatic carbocycles. The molecule has 0 spiro atoms.